The summed E-state index contributed by atoms with van der Waals surface area (Å²) in [6.45, 7) is 4.05. The standard InChI is InChI=1S/C21H20ClFN5O3/c1-11-4-17(20(31)18(11)29)26-21-15(8-24-10-25-21)19(30)16-2-3-28(27-16)9-12-5-13(22)7-14(23)6-12/h2-3,5-8,10-11,17-18,20,29,31H,1,4,9H2,(H,24,25,26)/t11-,17-,18-,20+/m1/s1. The first-order valence-electron chi connectivity index (χ1n) is 9.60. The molecule has 4 atom stereocenters. The van der Waals surface area contributed by atoms with Gasteiger partial charge in [-0.25, -0.2) is 14.4 Å². The van der Waals surface area contributed by atoms with Crippen LogP contribution in [0.3, 0.4) is 0 Å². The van der Waals surface area contributed by atoms with Crippen molar-refractivity contribution in [2.75, 3.05) is 5.32 Å². The number of aromatic nitrogens is 4. The van der Waals surface area contributed by atoms with Gasteiger partial charge in [0, 0.05) is 17.4 Å². The Kier molecular flexibility index (Phi) is 5.99. The molecule has 0 spiro atoms. The first kappa shape index (κ1) is 21.4. The van der Waals surface area contributed by atoms with Crippen molar-refractivity contribution in [3.63, 3.8) is 0 Å². The molecule has 2 heterocycles. The molecule has 1 aromatic carbocycles. The van der Waals surface area contributed by atoms with Gasteiger partial charge in [0.05, 0.1) is 24.3 Å². The van der Waals surface area contributed by atoms with Crippen molar-refractivity contribution in [3.8, 4) is 0 Å². The zero-order valence-corrected chi connectivity index (χ0v) is 17.1. The lowest BCUT2D eigenvalue weighted by atomic mass is 10.1. The highest BCUT2D eigenvalue weighted by Crippen LogP contribution is 2.29. The lowest BCUT2D eigenvalue weighted by molar-refractivity contribution is 0.0256. The van der Waals surface area contributed by atoms with Crippen molar-refractivity contribution in [2.24, 2.45) is 5.92 Å². The van der Waals surface area contributed by atoms with Crippen LogP contribution in [0.5, 0.6) is 0 Å². The number of nitrogens with one attached hydrogen (secondary N) is 1. The van der Waals surface area contributed by atoms with Gasteiger partial charge >= 0.3 is 0 Å². The minimum atomic E-state index is -1.03. The average molecular weight is 445 g/mol. The van der Waals surface area contributed by atoms with Gasteiger partial charge in [0.1, 0.15) is 29.8 Å². The van der Waals surface area contributed by atoms with Crippen LogP contribution in [0, 0.1) is 18.7 Å². The Balaban J connectivity index is 1.53. The van der Waals surface area contributed by atoms with E-state index < -0.39 is 29.9 Å². The third kappa shape index (κ3) is 4.58. The number of nitrogens with zero attached hydrogens (tertiary/aromatic N) is 4. The summed E-state index contributed by atoms with van der Waals surface area (Å²) in [5.41, 5.74) is 0.937. The highest BCUT2D eigenvalue weighted by atomic mass is 35.5. The van der Waals surface area contributed by atoms with Crippen LogP contribution >= 0.6 is 11.6 Å². The largest absolute Gasteiger partial charge is 0.390 e. The van der Waals surface area contributed by atoms with E-state index in [0.717, 1.165) is 0 Å². The van der Waals surface area contributed by atoms with Gasteiger partial charge in [-0.15, -0.1) is 0 Å². The molecule has 10 heteroatoms. The zero-order chi connectivity index (χ0) is 22.1. The number of carbonyl (C=O) groups is 1. The summed E-state index contributed by atoms with van der Waals surface area (Å²) in [7, 11) is 0. The summed E-state index contributed by atoms with van der Waals surface area (Å²) in [5.74, 6) is -0.970. The topological polar surface area (TPSA) is 113 Å². The van der Waals surface area contributed by atoms with E-state index in [0.29, 0.717) is 12.0 Å². The summed E-state index contributed by atoms with van der Waals surface area (Å²) in [6, 6.07) is 5.22. The molecule has 1 saturated carbocycles. The Bertz CT molecular complexity index is 1090. The first-order valence-corrected chi connectivity index (χ1v) is 9.98. The molecule has 0 bridgehead atoms. The molecule has 3 N–H and O–H groups in total. The van der Waals surface area contributed by atoms with Crippen molar-refractivity contribution in [1.82, 2.24) is 19.7 Å². The van der Waals surface area contributed by atoms with E-state index in [4.69, 9.17) is 11.6 Å². The SMILES string of the molecule is [CH2][C@@H]1C[C@@H](Nc2ncncc2C(=O)c2ccn(Cc3cc(F)cc(Cl)c3)n2)[C@H](O)[C@@H]1O. The Morgan fingerprint density at radius 2 is 2.13 bits per heavy atom. The van der Waals surface area contributed by atoms with E-state index in [9.17, 15) is 19.4 Å². The lowest BCUT2D eigenvalue weighted by Gasteiger charge is -2.19. The molecule has 1 radical (unpaired) electrons. The maximum absolute atomic E-state index is 13.5. The predicted molar refractivity (Wildman–Crippen MR) is 111 cm³/mol. The lowest BCUT2D eigenvalue weighted by Crippen LogP contribution is -2.35. The molecule has 1 fully saturated rings. The van der Waals surface area contributed by atoms with Crippen LogP contribution in [0.1, 0.15) is 28.0 Å². The van der Waals surface area contributed by atoms with Crippen molar-refractivity contribution in [2.45, 2.75) is 31.2 Å². The van der Waals surface area contributed by atoms with Crippen molar-refractivity contribution >= 4 is 23.2 Å². The Hall–Kier alpha value is -2.88. The van der Waals surface area contributed by atoms with Crippen LogP contribution < -0.4 is 5.32 Å². The predicted octanol–water partition coefficient (Wildman–Crippen LogP) is 2.10. The van der Waals surface area contributed by atoms with E-state index in [1.807, 2.05) is 0 Å². The van der Waals surface area contributed by atoms with E-state index in [2.05, 4.69) is 27.3 Å². The molecule has 0 amide bonds. The summed E-state index contributed by atoms with van der Waals surface area (Å²) < 4.78 is 15.0. The maximum Gasteiger partial charge on any atom is 0.218 e. The van der Waals surface area contributed by atoms with Crippen LogP contribution in [0.4, 0.5) is 10.2 Å². The Morgan fingerprint density at radius 1 is 1.32 bits per heavy atom. The van der Waals surface area contributed by atoms with Crippen molar-refractivity contribution in [1.29, 1.82) is 0 Å². The van der Waals surface area contributed by atoms with Crippen LogP contribution in [-0.2, 0) is 6.54 Å². The third-order valence-electron chi connectivity index (χ3n) is 5.22. The Morgan fingerprint density at radius 3 is 2.84 bits per heavy atom. The van der Waals surface area contributed by atoms with Crippen LogP contribution in [0.15, 0.2) is 43.0 Å². The van der Waals surface area contributed by atoms with Crippen LogP contribution in [0.2, 0.25) is 5.02 Å². The van der Waals surface area contributed by atoms with E-state index in [-0.39, 0.29) is 34.6 Å². The van der Waals surface area contributed by atoms with E-state index in [1.165, 1.54) is 29.3 Å². The molecular formula is C21H20ClFN5O3. The monoisotopic (exact) mass is 444 g/mol. The third-order valence-corrected chi connectivity index (χ3v) is 5.44. The fraction of sp³-hybridized carbons (Fsp3) is 0.286. The molecule has 0 unspecified atom stereocenters. The second-order valence-corrected chi connectivity index (χ2v) is 7.95. The highest BCUT2D eigenvalue weighted by Gasteiger charge is 2.39. The number of hydrogen-bond donors (Lipinski definition) is 3. The van der Waals surface area contributed by atoms with Gasteiger partial charge in [-0.1, -0.05) is 11.6 Å². The van der Waals surface area contributed by atoms with Gasteiger partial charge in [-0.05, 0) is 49.1 Å². The summed E-state index contributed by atoms with van der Waals surface area (Å²) >= 11 is 5.89. The van der Waals surface area contributed by atoms with Gasteiger partial charge in [0.25, 0.3) is 0 Å². The quantitative estimate of drug-likeness (QED) is 0.499. The fourth-order valence-corrected chi connectivity index (χ4v) is 3.90. The van der Waals surface area contributed by atoms with Crippen LogP contribution in [-0.4, -0.2) is 54.0 Å². The number of anilines is 1. The molecular weight excluding hydrogens is 425 g/mol. The van der Waals surface area contributed by atoms with Gasteiger partial charge in [0.15, 0.2) is 0 Å². The van der Waals surface area contributed by atoms with Gasteiger partial charge in [-0.2, -0.15) is 5.10 Å². The number of carbonyl (C=O) groups excluding carboxylic acids is 1. The number of halogens is 2. The smallest absolute Gasteiger partial charge is 0.218 e. The molecule has 161 valence electrons. The fourth-order valence-electron chi connectivity index (χ4n) is 3.65. The molecule has 4 rings (SSSR count). The van der Waals surface area contributed by atoms with Gasteiger partial charge in [-0.3, -0.25) is 9.48 Å². The number of rotatable bonds is 6. The van der Waals surface area contributed by atoms with E-state index >= 15 is 0 Å². The molecule has 1 aliphatic rings. The van der Waals surface area contributed by atoms with E-state index in [1.54, 1.807) is 18.3 Å². The minimum absolute atomic E-state index is 0.155. The molecule has 8 nitrogen and oxygen atoms in total. The molecule has 1 aliphatic carbocycles. The normalized spacial score (nSPS) is 23.1. The van der Waals surface area contributed by atoms with Crippen LogP contribution in [0.25, 0.3) is 0 Å². The Labute approximate surface area is 182 Å². The summed E-state index contributed by atoms with van der Waals surface area (Å²) in [6.07, 6.45) is 2.69. The number of aliphatic hydroxyl groups excluding tert-OH is 2. The second-order valence-electron chi connectivity index (χ2n) is 7.52. The highest BCUT2D eigenvalue weighted by molar-refractivity contribution is 6.30. The van der Waals surface area contributed by atoms with Crippen molar-refractivity contribution in [3.05, 3.63) is 77.6 Å². The number of hydrogen-bond acceptors (Lipinski definition) is 7. The zero-order valence-electron chi connectivity index (χ0n) is 16.3. The molecule has 31 heavy (non-hydrogen) atoms. The minimum Gasteiger partial charge on any atom is -0.390 e. The van der Waals surface area contributed by atoms with Gasteiger partial charge < -0.3 is 15.5 Å². The summed E-state index contributed by atoms with van der Waals surface area (Å²) in [4.78, 5) is 21.1. The molecule has 2 aromatic heterocycles. The number of ketones is 1. The van der Waals surface area contributed by atoms with Crippen molar-refractivity contribution < 1.29 is 19.4 Å². The summed E-state index contributed by atoms with van der Waals surface area (Å²) in [5, 5.41) is 27.7. The second kappa shape index (κ2) is 8.70. The van der Waals surface area contributed by atoms with Gasteiger partial charge in [0.2, 0.25) is 5.78 Å². The maximum atomic E-state index is 13.5. The number of aliphatic hydroxyl groups is 2. The number of benzene rings is 1. The molecule has 3 aromatic rings. The first-order chi connectivity index (χ1) is 14.8. The average Bonchev–Trinajstić information content (AvgIpc) is 3.28. The molecule has 0 saturated heterocycles. The molecule has 0 aliphatic heterocycles.